The highest BCUT2D eigenvalue weighted by atomic mass is 19.2. The summed E-state index contributed by atoms with van der Waals surface area (Å²) in [6, 6.07) is 2.48. The van der Waals surface area contributed by atoms with Gasteiger partial charge in [-0.25, -0.2) is 18.3 Å². The Morgan fingerprint density at radius 2 is 2.16 bits per heavy atom. The molecule has 8 heteroatoms. The fourth-order valence-corrected chi connectivity index (χ4v) is 1.57. The minimum Gasteiger partial charge on any atom is -0.480 e. The van der Waals surface area contributed by atoms with Crippen LogP contribution in [-0.2, 0) is 11.2 Å². The van der Waals surface area contributed by atoms with Crippen LogP contribution in [0.1, 0.15) is 24.4 Å². The third-order valence-corrected chi connectivity index (χ3v) is 2.63. The first-order valence-electron chi connectivity index (χ1n) is 5.42. The average molecular weight is 268 g/mol. The highest BCUT2D eigenvalue weighted by Crippen LogP contribution is 2.14. The quantitative estimate of drug-likeness (QED) is 0.900. The Balaban J connectivity index is 2.26. The zero-order chi connectivity index (χ0) is 14.0. The standard InChI is InChI=1S/C11H10F2N4O2/c1-6(11(18)19)17-10(14-15-16-17)5-7-2-3-8(12)9(13)4-7/h2-4,6H,5H2,1H3,(H,18,19). The number of nitrogens with zero attached hydrogens (tertiary/aromatic N) is 4. The Bertz CT molecular complexity index is 614. The predicted octanol–water partition coefficient (Wildman–Crippen LogP) is 1.19. The lowest BCUT2D eigenvalue weighted by Gasteiger charge is -2.08. The molecule has 0 bridgehead atoms. The van der Waals surface area contributed by atoms with E-state index >= 15 is 0 Å². The Morgan fingerprint density at radius 1 is 1.42 bits per heavy atom. The first-order valence-corrected chi connectivity index (χ1v) is 5.42. The summed E-state index contributed by atoms with van der Waals surface area (Å²) in [7, 11) is 0. The maximum Gasteiger partial charge on any atom is 0.328 e. The van der Waals surface area contributed by atoms with E-state index in [-0.39, 0.29) is 12.2 Å². The molecule has 0 amide bonds. The van der Waals surface area contributed by atoms with Crippen LogP contribution in [0.25, 0.3) is 0 Å². The van der Waals surface area contributed by atoms with Crippen LogP contribution in [0.15, 0.2) is 18.2 Å². The molecule has 0 aliphatic carbocycles. The van der Waals surface area contributed by atoms with Crippen molar-refractivity contribution in [1.29, 1.82) is 0 Å². The zero-order valence-electron chi connectivity index (χ0n) is 9.92. The van der Waals surface area contributed by atoms with Gasteiger partial charge in [-0.15, -0.1) is 5.10 Å². The SMILES string of the molecule is CC(C(=O)O)n1nnnc1Cc1ccc(F)c(F)c1. The van der Waals surface area contributed by atoms with Crippen molar-refractivity contribution in [3.8, 4) is 0 Å². The molecule has 0 aliphatic heterocycles. The second-order valence-corrected chi connectivity index (χ2v) is 3.98. The molecule has 0 aliphatic rings. The number of aromatic nitrogens is 4. The third kappa shape index (κ3) is 2.72. The average Bonchev–Trinajstić information content (AvgIpc) is 2.81. The Hall–Kier alpha value is -2.38. The lowest BCUT2D eigenvalue weighted by atomic mass is 10.1. The van der Waals surface area contributed by atoms with Gasteiger partial charge in [0.05, 0.1) is 0 Å². The monoisotopic (exact) mass is 268 g/mol. The Labute approximate surface area is 106 Å². The minimum atomic E-state index is -1.08. The highest BCUT2D eigenvalue weighted by molar-refractivity contribution is 5.71. The first-order chi connectivity index (χ1) is 8.99. The summed E-state index contributed by atoms with van der Waals surface area (Å²) in [4.78, 5) is 10.9. The molecule has 1 heterocycles. The summed E-state index contributed by atoms with van der Waals surface area (Å²) in [5.41, 5.74) is 0.451. The van der Waals surface area contributed by atoms with Gasteiger partial charge >= 0.3 is 5.97 Å². The van der Waals surface area contributed by atoms with E-state index in [1.165, 1.54) is 13.0 Å². The molecule has 1 unspecified atom stereocenters. The van der Waals surface area contributed by atoms with Gasteiger partial charge in [-0.3, -0.25) is 0 Å². The summed E-state index contributed by atoms with van der Waals surface area (Å²) in [6.45, 7) is 1.42. The van der Waals surface area contributed by atoms with Crippen molar-refractivity contribution in [2.75, 3.05) is 0 Å². The van der Waals surface area contributed by atoms with Crippen LogP contribution in [0, 0.1) is 11.6 Å². The summed E-state index contributed by atoms with van der Waals surface area (Å²) in [5, 5.41) is 19.6. The third-order valence-electron chi connectivity index (χ3n) is 2.63. The van der Waals surface area contributed by atoms with Gasteiger partial charge in [0.25, 0.3) is 0 Å². The van der Waals surface area contributed by atoms with E-state index in [0.29, 0.717) is 5.56 Å². The molecule has 0 saturated heterocycles. The van der Waals surface area contributed by atoms with Crippen molar-refractivity contribution in [1.82, 2.24) is 20.2 Å². The van der Waals surface area contributed by atoms with E-state index in [2.05, 4.69) is 15.5 Å². The van der Waals surface area contributed by atoms with Crippen molar-refractivity contribution in [3.05, 3.63) is 41.2 Å². The van der Waals surface area contributed by atoms with Crippen LogP contribution < -0.4 is 0 Å². The summed E-state index contributed by atoms with van der Waals surface area (Å²) in [5.74, 6) is -2.73. The summed E-state index contributed by atoms with van der Waals surface area (Å²) < 4.78 is 27.0. The zero-order valence-corrected chi connectivity index (χ0v) is 9.92. The fraction of sp³-hybridized carbons (Fsp3) is 0.273. The van der Waals surface area contributed by atoms with E-state index in [1.54, 1.807) is 0 Å². The van der Waals surface area contributed by atoms with Crippen LogP contribution in [0.4, 0.5) is 8.78 Å². The lowest BCUT2D eigenvalue weighted by molar-refractivity contribution is -0.140. The van der Waals surface area contributed by atoms with Crippen LogP contribution in [0.2, 0.25) is 0 Å². The molecule has 0 fully saturated rings. The van der Waals surface area contributed by atoms with E-state index in [1.807, 2.05) is 0 Å². The summed E-state index contributed by atoms with van der Waals surface area (Å²) >= 11 is 0. The van der Waals surface area contributed by atoms with Gasteiger partial charge in [0.15, 0.2) is 17.5 Å². The van der Waals surface area contributed by atoms with Crippen molar-refractivity contribution < 1.29 is 18.7 Å². The smallest absolute Gasteiger partial charge is 0.328 e. The summed E-state index contributed by atoms with van der Waals surface area (Å²) in [6.07, 6.45) is 0.113. The Kier molecular flexibility index (Phi) is 3.50. The molecule has 1 N–H and O–H groups in total. The van der Waals surface area contributed by atoms with Crippen molar-refractivity contribution >= 4 is 5.97 Å². The van der Waals surface area contributed by atoms with Crippen LogP contribution in [0.3, 0.4) is 0 Å². The van der Waals surface area contributed by atoms with E-state index in [4.69, 9.17) is 5.11 Å². The molecule has 100 valence electrons. The van der Waals surface area contributed by atoms with Crippen LogP contribution in [0.5, 0.6) is 0 Å². The molecule has 1 aromatic carbocycles. The predicted molar refractivity (Wildman–Crippen MR) is 59.3 cm³/mol. The van der Waals surface area contributed by atoms with Gasteiger partial charge in [0.1, 0.15) is 6.04 Å². The molecule has 2 aromatic rings. The van der Waals surface area contributed by atoms with Crippen molar-refractivity contribution in [2.45, 2.75) is 19.4 Å². The molecule has 2 rings (SSSR count). The number of aliphatic carboxylic acids is 1. The molecule has 6 nitrogen and oxygen atoms in total. The number of rotatable bonds is 4. The highest BCUT2D eigenvalue weighted by Gasteiger charge is 2.19. The number of hydrogen-bond acceptors (Lipinski definition) is 4. The molecule has 0 saturated carbocycles. The maximum absolute atomic E-state index is 13.1. The number of benzene rings is 1. The van der Waals surface area contributed by atoms with Crippen LogP contribution in [-0.4, -0.2) is 31.3 Å². The number of carbonyl (C=O) groups is 1. The molecule has 19 heavy (non-hydrogen) atoms. The van der Waals surface area contributed by atoms with Gasteiger partial charge in [0, 0.05) is 6.42 Å². The van der Waals surface area contributed by atoms with E-state index < -0.39 is 23.6 Å². The van der Waals surface area contributed by atoms with Gasteiger partial charge < -0.3 is 5.11 Å². The van der Waals surface area contributed by atoms with Gasteiger partial charge in [0.2, 0.25) is 0 Å². The largest absolute Gasteiger partial charge is 0.480 e. The lowest BCUT2D eigenvalue weighted by Crippen LogP contribution is -2.19. The van der Waals surface area contributed by atoms with Gasteiger partial charge in [-0.2, -0.15) is 0 Å². The van der Waals surface area contributed by atoms with E-state index in [0.717, 1.165) is 16.8 Å². The second kappa shape index (κ2) is 5.09. The first kappa shape index (κ1) is 13.1. The van der Waals surface area contributed by atoms with Gasteiger partial charge in [-0.1, -0.05) is 6.07 Å². The molecular weight excluding hydrogens is 258 g/mol. The number of tetrazole rings is 1. The Morgan fingerprint density at radius 3 is 2.79 bits per heavy atom. The van der Waals surface area contributed by atoms with Crippen molar-refractivity contribution in [3.63, 3.8) is 0 Å². The molecule has 0 spiro atoms. The minimum absolute atomic E-state index is 0.113. The fourth-order valence-electron chi connectivity index (χ4n) is 1.57. The number of hydrogen-bond donors (Lipinski definition) is 1. The molecule has 1 atom stereocenters. The molecular formula is C11H10F2N4O2. The maximum atomic E-state index is 13.1. The molecule has 1 aromatic heterocycles. The second-order valence-electron chi connectivity index (χ2n) is 3.98. The van der Waals surface area contributed by atoms with Crippen molar-refractivity contribution in [2.24, 2.45) is 0 Å². The molecule has 0 radical (unpaired) electrons. The topological polar surface area (TPSA) is 80.9 Å². The number of carboxylic acid groups (broad SMARTS) is 1. The number of carboxylic acids is 1. The van der Waals surface area contributed by atoms with E-state index in [9.17, 15) is 13.6 Å². The van der Waals surface area contributed by atoms with Gasteiger partial charge in [-0.05, 0) is 35.0 Å². The normalized spacial score (nSPS) is 12.4. The number of halogens is 2. The van der Waals surface area contributed by atoms with Crippen LogP contribution >= 0.6 is 0 Å².